The Bertz CT molecular complexity index is 673. The summed E-state index contributed by atoms with van der Waals surface area (Å²) in [6.07, 6.45) is 1.56. The van der Waals surface area contributed by atoms with Crippen LogP contribution in [0.25, 0.3) is 5.69 Å². The summed E-state index contributed by atoms with van der Waals surface area (Å²) in [6.45, 7) is 3.30. The first-order chi connectivity index (χ1) is 8.90. The second-order valence-corrected chi connectivity index (χ2v) is 5.19. The summed E-state index contributed by atoms with van der Waals surface area (Å²) in [5.41, 5.74) is 2.13. The van der Waals surface area contributed by atoms with Gasteiger partial charge in [0.05, 0.1) is 0 Å². The lowest BCUT2D eigenvalue weighted by atomic mass is 10.2. The number of carbonyl (C=O) groups is 2. The Kier molecular flexibility index (Phi) is 3.57. The van der Waals surface area contributed by atoms with Gasteiger partial charge in [0.15, 0.2) is 5.78 Å². The zero-order chi connectivity index (χ0) is 14.2. The molecule has 1 aromatic carbocycles. The van der Waals surface area contributed by atoms with Crippen molar-refractivity contribution in [3.8, 4) is 5.69 Å². The third-order valence-electron chi connectivity index (χ3n) is 2.86. The van der Waals surface area contributed by atoms with Gasteiger partial charge in [-0.3, -0.25) is 4.79 Å². The zero-order valence-corrected chi connectivity index (χ0v) is 12.1. The highest BCUT2D eigenvalue weighted by atomic mass is 79.9. The van der Waals surface area contributed by atoms with E-state index in [0.717, 1.165) is 15.7 Å². The van der Waals surface area contributed by atoms with Crippen LogP contribution >= 0.6 is 15.9 Å². The van der Waals surface area contributed by atoms with Gasteiger partial charge in [-0.1, -0.05) is 15.9 Å². The second-order valence-electron chi connectivity index (χ2n) is 4.28. The Morgan fingerprint density at radius 3 is 2.47 bits per heavy atom. The number of carboxylic acid groups (broad SMARTS) is 1. The molecule has 0 aliphatic carbocycles. The first-order valence-corrected chi connectivity index (χ1v) is 6.42. The number of ketones is 1. The van der Waals surface area contributed by atoms with E-state index in [1.807, 2.05) is 25.1 Å². The van der Waals surface area contributed by atoms with Gasteiger partial charge in [-0.05, 0) is 43.7 Å². The predicted molar refractivity (Wildman–Crippen MR) is 75.2 cm³/mol. The topological polar surface area (TPSA) is 59.3 Å². The van der Waals surface area contributed by atoms with Crippen LogP contribution in [0.3, 0.4) is 0 Å². The molecule has 0 atom stereocenters. The number of carboxylic acids is 1. The summed E-state index contributed by atoms with van der Waals surface area (Å²) < 4.78 is 2.45. The molecule has 2 rings (SSSR count). The minimum absolute atomic E-state index is 0.0793. The molecule has 0 bridgehead atoms. The summed E-state index contributed by atoms with van der Waals surface area (Å²) in [5, 5.41) is 9.23. The Hall–Kier alpha value is -1.88. The van der Waals surface area contributed by atoms with Crippen LogP contribution in [-0.2, 0) is 0 Å². The summed E-state index contributed by atoms with van der Waals surface area (Å²) in [5.74, 6) is -1.22. The molecule has 1 heterocycles. The zero-order valence-electron chi connectivity index (χ0n) is 10.5. The summed E-state index contributed by atoms with van der Waals surface area (Å²) >= 11 is 3.37. The molecule has 0 fully saturated rings. The maximum Gasteiger partial charge on any atom is 0.352 e. The Balaban J connectivity index is 2.66. The fourth-order valence-electron chi connectivity index (χ4n) is 1.91. The molecule has 0 spiro atoms. The average molecular weight is 322 g/mol. The number of benzene rings is 1. The van der Waals surface area contributed by atoms with Crippen LogP contribution in [0.2, 0.25) is 0 Å². The van der Waals surface area contributed by atoms with Gasteiger partial charge in [0, 0.05) is 21.9 Å². The van der Waals surface area contributed by atoms with Gasteiger partial charge in [-0.2, -0.15) is 0 Å². The van der Waals surface area contributed by atoms with Crippen molar-refractivity contribution in [1.82, 2.24) is 4.57 Å². The molecule has 0 saturated carbocycles. The van der Waals surface area contributed by atoms with Crippen LogP contribution in [0, 0.1) is 6.92 Å². The highest BCUT2D eigenvalue weighted by Crippen LogP contribution is 2.23. The van der Waals surface area contributed by atoms with Crippen molar-refractivity contribution in [3.63, 3.8) is 0 Å². The molecule has 0 aliphatic heterocycles. The molecule has 5 heteroatoms. The SMILES string of the molecule is CC(=O)c1cc(C(=O)O)n(-c2ccc(Br)cc2C)c1. The van der Waals surface area contributed by atoms with Crippen molar-refractivity contribution in [2.45, 2.75) is 13.8 Å². The van der Waals surface area contributed by atoms with E-state index in [-0.39, 0.29) is 11.5 Å². The fourth-order valence-corrected chi connectivity index (χ4v) is 2.38. The van der Waals surface area contributed by atoms with E-state index in [9.17, 15) is 14.7 Å². The van der Waals surface area contributed by atoms with Crippen LogP contribution in [-0.4, -0.2) is 21.4 Å². The Morgan fingerprint density at radius 1 is 1.26 bits per heavy atom. The molecule has 19 heavy (non-hydrogen) atoms. The number of hydrogen-bond donors (Lipinski definition) is 1. The summed E-state index contributed by atoms with van der Waals surface area (Å²) in [6, 6.07) is 6.94. The molecular formula is C14H12BrNO3. The second kappa shape index (κ2) is 5.01. The average Bonchev–Trinajstić information content (AvgIpc) is 2.73. The van der Waals surface area contributed by atoms with Crippen molar-refractivity contribution in [1.29, 1.82) is 0 Å². The van der Waals surface area contributed by atoms with Crippen molar-refractivity contribution in [3.05, 3.63) is 51.8 Å². The number of aryl methyl sites for hydroxylation is 1. The van der Waals surface area contributed by atoms with Gasteiger partial charge in [0.1, 0.15) is 5.69 Å². The number of Topliss-reactive ketones (excluding diaryl/α,β-unsaturated/α-hetero) is 1. The summed E-state index contributed by atoms with van der Waals surface area (Å²) in [4.78, 5) is 22.7. The summed E-state index contributed by atoms with van der Waals surface area (Å²) in [7, 11) is 0. The monoisotopic (exact) mass is 321 g/mol. The molecule has 0 saturated heterocycles. The normalized spacial score (nSPS) is 10.5. The molecule has 4 nitrogen and oxygen atoms in total. The van der Waals surface area contributed by atoms with E-state index < -0.39 is 5.97 Å². The first kappa shape index (κ1) is 13.5. The van der Waals surface area contributed by atoms with E-state index in [2.05, 4.69) is 15.9 Å². The quantitative estimate of drug-likeness (QED) is 0.881. The van der Waals surface area contributed by atoms with Gasteiger partial charge in [0.25, 0.3) is 0 Å². The lowest BCUT2D eigenvalue weighted by Crippen LogP contribution is -2.06. The molecule has 98 valence electrons. The molecule has 1 aromatic heterocycles. The Labute approximate surface area is 118 Å². The van der Waals surface area contributed by atoms with E-state index >= 15 is 0 Å². The van der Waals surface area contributed by atoms with E-state index in [4.69, 9.17) is 0 Å². The van der Waals surface area contributed by atoms with Crippen LogP contribution in [0.15, 0.2) is 34.9 Å². The number of aromatic carboxylic acids is 1. The van der Waals surface area contributed by atoms with E-state index in [1.165, 1.54) is 17.6 Å². The number of aromatic nitrogens is 1. The fraction of sp³-hybridized carbons (Fsp3) is 0.143. The molecular weight excluding hydrogens is 310 g/mol. The third kappa shape index (κ3) is 2.61. The predicted octanol–water partition coefficient (Wildman–Crippen LogP) is 3.45. The smallest absolute Gasteiger partial charge is 0.352 e. The molecule has 1 N–H and O–H groups in total. The van der Waals surface area contributed by atoms with Crippen molar-refractivity contribution < 1.29 is 14.7 Å². The number of carbonyl (C=O) groups excluding carboxylic acids is 1. The van der Waals surface area contributed by atoms with Gasteiger partial charge in [-0.25, -0.2) is 4.79 Å². The standard InChI is InChI=1S/C14H12BrNO3/c1-8-5-11(15)3-4-12(8)16-7-10(9(2)17)6-13(16)14(18)19/h3-7H,1-2H3,(H,18,19). The molecule has 0 radical (unpaired) electrons. The largest absolute Gasteiger partial charge is 0.477 e. The van der Waals surface area contributed by atoms with E-state index in [0.29, 0.717) is 5.56 Å². The first-order valence-electron chi connectivity index (χ1n) is 5.63. The van der Waals surface area contributed by atoms with Gasteiger partial charge >= 0.3 is 5.97 Å². The minimum Gasteiger partial charge on any atom is -0.477 e. The third-order valence-corrected chi connectivity index (χ3v) is 3.36. The van der Waals surface area contributed by atoms with Crippen LogP contribution in [0.1, 0.15) is 33.3 Å². The van der Waals surface area contributed by atoms with Crippen molar-refractivity contribution in [2.24, 2.45) is 0 Å². The molecule has 0 amide bonds. The highest BCUT2D eigenvalue weighted by molar-refractivity contribution is 9.10. The minimum atomic E-state index is -1.06. The maximum absolute atomic E-state index is 11.4. The number of halogens is 1. The molecule has 0 aliphatic rings. The van der Waals surface area contributed by atoms with Gasteiger partial charge in [0.2, 0.25) is 0 Å². The van der Waals surface area contributed by atoms with Gasteiger partial charge < -0.3 is 9.67 Å². The Morgan fingerprint density at radius 2 is 1.95 bits per heavy atom. The number of rotatable bonds is 3. The van der Waals surface area contributed by atoms with Gasteiger partial charge in [-0.15, -0.1) is 0 Å². The lowest BCUT2D eigenvalue weighted by Gasteiger charge is -2.10. The van der Waals surface area contributed by atoms with Crippen LogP contribution in [0.4, 0.5) is 0 Å². The number of hydrogen-bond acceptors (Lipinski definition) is 2. The molecule has 0 unspecified atom stereocenters. The van der Waals surface area contributed by atoms with Crippen molar-refractivity contribution in [2.75, 3.05) is 0 Å². The number of nitrogens with zero attached hydrogens (tertiary/aromatic N) is 1. The molecule has 2 aromatic rings. The van der Waals surface area contributed by atoms with E-state index in [1.54, 1.807) is 6.20 Å². The van der Waals surface area contributed by atoms with Crippen LogP contribution in [0.5, 0.6) is 0 Å². The maximum atomic E-state index is 11.4. The lowest BCUT2D eigenvalue weighted by molar-refractivity contribution is 0.0688. The van der Waals surface area contributed by atoms with Crippen LogP contribution < -0.4 is 0 Å². The van der Waals surface area contributed by atoms with Crippen molar-refractivity contribution >= 4 is 27.7 Å². The highest BCUT2D eigenvalue weighted by Gasteiger charge is 2.16.